The second kappa shape index (κ2) is 5.56. The lowest BCUT2D eigenvalue weighted by Gasteiger charge is -2.15. The molecule has 1 amide bonds. The largest absolute Gasteiger partial charge is 0.350 e. The predicted octanol–water partition coefficient (Wildman–Crippen LogP) is 3.08. The number of fused-ring (bicyclic) bond motifs is 3. The van der Waals surface area contributed by atoms with E-state index in [0.717, 1.165) is 22.6 Å². The SMILES string of the molecule is CC(C)CNC(=O)c1c2c(nn1C)-c1ccccc1SC2. The van der Waals surface area contributed by atoms with Crippen LogP contribution in [0.15, 0.2) is 29.2 Å². The highest BCUT2D eigenvalue weighted by molar-refractivity contribution is 7.98. The van der Waals surface area contributed by atoms with Crippen LogP contribution in [0.4, 0.5) is 0 Å². The maximum absolute atomic E-state index is 12.4. The Morgan fingerprint density at radius 2 is 2.19 bits per heavy atom. The van der Waals surface area contributed by atoms with Crippen LogP contribution < -0.4 is 5.32 Å². The quantitative estimate of drug-likeness (QED) is 0.947. The van der Waals surface area contributed by atoms with Crippen molar-refractivity contribution in [2.24, 2.45) is 13.0 Å². The summed E-state index contributed by atoms with van der Waals surface area (Å²) in [6.07, 6.45) is 0. The third-order valence-electron chi connectivity index (χ3n) is 3.55. The number of nitrogens with zero attached hydrogens (tertiary/aromatic N) is 2. The molecule has 1 N–H and O–H groups in total. The van der Waals surface area contributed by atoms with Crippen LogP contribution in [0.5, 0.6) is 0 Å². The third-order valence-corrected chi connectivity index (χ3v) is 4.65. The average molecular weight is 301 g/mol. The highest BCUT2D eigenvalue weighted by Crippen LogP contribution is 2.41. The molecule has 0 saturated carbocycles. The van der Waals surface area contributed by atoms with Crippen LogP contribution in [-0.2, 0) is 12.8 Å². The second-order valence-electron chi connectivity index (χ2n) is 5.69. The van der Waals surface area contributed by atoms with E-state index in [0.29, 0.717) is 18.2 Å². The van der Waals surface area contributed by atoms with Crippen molar-refractivity contribution in [1.82, 2.24) is 15.1 Å². The van der Waals surface area contributed by atoms with Crippen molar-refractivity contribution >= 4 is 17.7 Å². The van der Waals surface area contributed by atoms with Crippen molar-refractivity contribution in [3.8, 4) is 11.3 Å². The number of aromatic nitrogens is 2. The molecule has 0 radical (unpaired) electrons. The topological polar surface area (TPSA) is 46.9 Å². The lowest BCUT2D eigenvalue weighted by atomic mass is 10.1. The molecule has 0 spiro atoms. The monoisotopic (exact) mass is 301 g/mol. The molecule has 2 aromatic rings. The summed E-state index contributed by atoms with van der Waals surface area (Å²) in [5, 5.41) is 7.57. The number of carbonyl (C=O) groups excluding carboxylic acids is 1. The summed E-state index contributed by atoms with van der Waals surface area (Å²) in [5.41, 5.74) is 3.80. The Morgan fingerprint density at radius 3 is 2.95 bits per heavy atom. The first kappa shape index (κ1) is 14.2. The maximum Gasteiger partial charge on any atom is 0.269 e. The lowest BCUT2D eigenvalue weighted by molar-refractivity contribution is 0.0939. The van der Waals surface area contributed by atoms with Gasteiger partial charge in [-0.2, -0.15) is 5.10 Å². The third kappa shape index (κ3) is 2.58. The molecule has 110 valence electrons. The van der Waals surface area contributed by atoms with Crippen LogP contribution >= 0.6 is 11.8 Å². The zero-order valence-corrected chi connectivity index (χ0v) is 13.3. The van der Waals surface area contributed by atoms with Crippen molar-refractivity contribution in [3.63, 3.8) is 0 Å². The molecule has 21 heavy (non-hydrogen) atoms. The molecule has 0 bridgehead atoms. The van der Waals surface area contributed by atoms with Gasteiger partial charge in [0.05, 0.1) is 5.69 Å². The van der Waals surface area contributed by atoms with Gasteiger partial charge in [0.1, 0.15) is 5.69 Å². The van der Waals surface area contributed by atoms with Crippen LogP contribution in [0, 0.1) is 5.92 Å². The fourth-order valence-corrected chi connectivity index (χ4v) is 3.59. The summed E-state index contributed by atoms with van der Waals surface area (Å²) in [6.45, 7) is 4.86. The standard InChI is InChI=1S/C16H19N3OS/c1-10(2)8-17-16(20)15-12-9-21-13-7-5-4-6-11(13)14(12)18-19(15)3/h4-7,10H,8-9H2,1-3H3,(H,17,20). The van der Waals surface area contributed by atoms with E-state index in [1.807, 2.05) is 19.2 Å². The Balaban J connectivity index is 1.99. The Bertz CT molecular complexity index is 691. The molecule has 0 fully saturated rings. The zero-order valence-electron chi connectivity index (χ0n) is 12.5. The molecule has 4 nitrogen and oxygen atoms in total. The number of amides is 1. The van der Waals surface area contributed by atoms with Crippen LogP contribution in [-0.4, -0.2) is 22.2 Å². The van der Waals surface area contributed by atoms with Gasteiger partial charge in [0.15, 0.2) is 0 Å². The molecule has 3 rings (SSSR count). The summed E-state index contributed by atoms with van der Waals surface area (Å²) >= 11 is 1.77. The summed E-state index contributed by atoms with van der Waals surface area (Å²) in [6, 6.07) is 8.23. The fraction of sp³-hybridized carbons (Fsp3) is 0.375. The molecular formula is C16H19N3OS. The summed E-state index contributed by atoms with van der Waals surface area (Å²) in [4.78, 5) is 13.7. The Hall–Kier alpha value is -1.75. The van der Waals surface area contributed by atoms with Gasteiger partial charge in [-0.3, -0.25) is 9.48 Å². The van der Waals surface area contributed by atoms with E-state index in [-0.39, 0.29) is 5.91 Å². The number of nitrogens with one attached hydrogen (secondary N) is 1. The van der Waals surface area contributed by atoms with Crippen molar-refractivity contribution in [2.45, 2.75) is 24.5 Å². The van der Waals surface area contributed by atoms with Gasteiger partial charge >= 0.3 is 0 Å². The van der Waals surface area contributed by atoms with Gasteiger partial charge in [-0.25, -0.2) is 0 Å². The van der Waals surface area contributed by atoms with Gasteiger partial charge in [-0.05, 0) is 12.0 Å². The average Bonchev–Trinajstić information content (AvgIpc) is 2.81. The van der Waals surface area contributed by atoms with Crippen LogP contribution in [0.1, 0.15) is 29.9 Å². The first-order valence-corrected chi connectivity index (χ1v) is 8.12. The number of benzene rings is 1. The number of carbonyl (C=O) groups is 1. The smallest absolute Gasteiger partial charge is 0.269 e. The molecule has 0 atom stereocenters. The molecule has 1 aliphatic heterocycles. The highest BCUT2D eigenvalue weighted by Gasteiger charge is 2.27. The minimum atomic E-state index is -0.0278. The van der Waals surface area contributed by atoms with E-state index >= 15 is 0 Å². The zero-order chi connectivity index (χ0) is 15.0. The molecule has 1 aromatic carbocycles. The molecule has 1 aromatic heterocycles. The van der Waals surface area contributed by atoms with E-state index in [1.165, 1.54) is 4.90 Å². The van der Waals surface area contributed by atoms with Gasteiger partial charge < -0.3 is 5.32 Å². The van der Waals surface area contributed by atoms with Gasteiger partial charge in [0, 0.05) is 35.4 Å². The fourth-order valence-electron chi connectivity index (χ4n) is 2.52. The first-order valence-electron chi connectivity index (χ1n) is 7.14. The predicted molar refractivity (Wildman–Crippen MR) is 85.4 cm³/mol. The van der Waals surface area contributed by atoms with Gasteiger partial charge in [0.25, 0.3) is 5.91 Å². The van der Waals surface area contributed by atoms with E-state index < -0.39 is 0 Å². The van der Waals surface area contributed by atoms with E-state index in [1.54, 1.807) is 16.4 Å². The Morgan fingerprint density at radius 1 is 1.43 bits per heavy atom. The Labute approximate surface area is 128 Å². The molecule has 0 saturated heterocycles. The lowest BCUT2D eigenvalue weighted by Crippen LogP contribution is -2.29. The number of thioether (sulfide) groups is 1. The maximum atomic E-state index is 12.4. The van der Waals surface area contributed by atoms with Gasteiger partial charge in [0.2, 0.25) is 0 Å². The number of rotatable bonds is 3. The van der Waals surface area contributed by atoms with E-state index in [2.05, 4.69) is 36.4 Å². The van der Waals surface area contributed by atoms with Crippen LogP contribution in [0.3, 0.4) is 0 Å². The number of aryl methyl sites for hydroxylation is 1. The molecule has 5 heteroatoms. The van der Waals surface area contributed by atoms with Crippen molar-refractivity contribution in [1.29, 1.82) is 0 Å². The van der Waals surface area contributed by atoms with E-state index in [4.69, 9.17) is 0 Å². The van der Waals surface area contributed by atoms with E-state index in [9.17, 15) is 4.79 Å². The number of hydrogen-bond donors (Lipinski definition) is 1. The second-order valence-corrected chi connectivity index (χ2v) is 6.71. The minimum absolute atomic E-state index is 0.0278. The highest BCUT2D eigenvalue weighted by atomic mass is 32.2. The van der Waals surface area contributed by atoms with Crippen LogP contribution in [0.25, 0.3) is 11.3 Å². The molecule has 1 aliphatic rings. The van der Waals surface area contributed by atoms with Crippen molar-refractivity contribution in [2.75, 3.05) is 6.54 Å². The summed E-state index contributed by atoms with van der Waals surface area (Å²) in [5.74, 6) is 1.21. The van der Waals surface area contributed by atoms with Crippen molar-refractivity contribution < 1.29 is 4.79 Å². The molecule has 2 heterocycles. The van der Waals surface area contributed by atoms with Crippen LogP contribution in [0.2, 0.25) is 0 Å². The van der Waals surface area contributed by atoms with Gasteiger partial charge in [-0.15, -0.1) is 11.8 Å². The normalized spacial score (nSPS) is 13.0. The minimum Gasteiger partial charge on any atom is -0.350 e. The molecular weight excluding hydrogens is 282 g/mol. The number of hydrogen-bond acceptors (Lipinski definition) is 3. The molecule has 0 unspecified atom stereocenters. The molecule has 0 aliphatic carbocycles. The summed E-state index contributed by atoms with van der Waals surface area (Å²) < 4.78 is 1.71. The Kier molecular flexibility index (Phi) is 3.76. The summed E-state index contributed by atoms with van der Waals surface area (Å²) in [7, 11) is 1.84. The van der Waals surface area contributed by atoms with Crippen molar-refractivity contribution in [3.05, 3.63) is 35.5 Å². The first-order chi connectivity index (χ1) is 10.1. The van der Waals surface area contributed by atoms with Gasteiger partial charge in [-0.1, -0.05) is 32.0 Å².